The van der Waals surface area contributed by atoms with Crippen molar-refractivity contribution in [2.45, 2.75) is 37.5 Å². The molecule has 35 heavy (non-hydrogen) atoms. The maximum Gasteiger partial charge on any atom is 0.259 e. The molecule has 2 aromatic carbocycles. The third-order valence-corrected chi connectivity index (χ3v) is 7.42. The van der Waals surface area contributed by atoms with Crippen molar-refractivity contribution < 1.29 is 10.3 Å². The van der Waals surface area contributed by atoms with Gasteiger partial charge in [-0.3, -0.25) is 4.79 Å². The highest BCUT2D eigenvalue weighted by molar-refractivity contribution is 7.99. The van der Waals surface area contributed by atoms with Crippen LogP contribution in [-0.2, 0) is 0 Å². The molecule has 2 heterocycles. The van der Waals surface area contributed by atoms with Crippen LogP contribution >= 0.6 is 23.4 Å². The Morgan fingerprint density at radius 2 is 1.91 bits per heavy atom. The Morgan fingerprint density at radius 3 is 2.63 bits per heavy atom. The Hall–Kier alpha value is -2.83. The molecular weight excluding hydrogens is 482 g/mol. The van der Waals surface area contributed by atoms with Crippen molar-refractivity contribution in [1.29, 1.82) is 5.26 Å². The summed E-state index contributed by atoms with van der Waals surface area (Å²) >= 11 is 7.67. The first-order chi connectivity index (χ1) is 16.5. The number of rotatable bonds is 8. The van der Waals surface area contributed by atoms with E-state index in [9.17, 15) is 10.1 Å². The minimum Gasteiger partial charge on any atom is -0.412 e. The van der Waals surface area contributed by atoms with Crippen LogP contribution in [0.2, 0.25) is 5.02 Å². The number of nitrogens with one attached hydrogen (secondary N) is 1. The second-order valence-electron chi connectivity index (χ2n) is 8.41. The normalized spacial score (nSPS) is 13.6. The number of amides is 1. The molecule has 0 bridgehead atoms. The topological polar surface area (TPSA) is 105 Å². The van der Waals surface area contributed by atoms with Gasteiger partial charge in [-0.15, -0.1) is 11.8 Å². The lowest BCUT2D eigenvalue weighted by atomic mass is 10.1. The van der Waals surface area contributed by atoms with Gasteiger partial charge < -0.3 is 15.7 Å². The number of aromatic nitrogens is 2. The van der Waals surface area contributed by atoms with Crippen molar-refractivity contribution in [2.75, 3.05) is 30.7 Å². The number of benzene rings is 2. The molecular formula is C26H30ClN5O2S. The third kappa shape index (κ3) is 6.86. The summed E-state index contributed by atoms with van der Waals surface area (Å²) in [6, 6.07) is 15.1. The van der Waals surface area contributed by atoms with Gasteiger partial charge in [-0.05, 0) is 94.0 Å². The molecule has 0 saturated carbocycles. The number of nitriles is 1. The smallest absolute Gasteiger partial charge is 0.259 e. The van der Waals surface area contributed by atoms with Crippen LogP contribution in [0.1, 0.15) is 47.3 Å². The first-order valence-corrected chi connectivity index (χ1v) is 12.9. The number of halogens is 1. The van der Waals surface area contributed by atoms with Gasteiger partial charge in [-0.25, -0.2) is 4.68 Å². The van der Waals surface area contributed by atoms with E-state index >= 15 is 0 Å². The zero-order chi connectivity index (χ0) is 23.9. The highest BCUT2D eigenvalue weighted by atomic mass is 35.5. The molecule has 1 aromatic heterocycles. The lowest BCUT2D eigenvalue weighted by Gasteiger charge is -2.26. The van der Waals surface area contributed by atoms with E-state index in [-0.39, 0.29) is 11.4 Å². The quantitative estimate of drug-likeness (QED) is 0.334. The Labute approximate surface area is 215 Å². The van der Waals surface area contributed by atoms with Crippen LogP contribution in [0.4, 0.5) is 5.69 Å². The predicted octanol–water partition coefficient (Wildman–Crippen LogP) is 5.10. The van der Waals surface area contributed by atoms with Gasteiger partial charge in [0.1, 0.15) is 6.07 Å². The molecule has 0 atom stereocenters. The van der Waals surface area contributed by atoms with Crippen molar-refractivity contribution in [1.82, 2.24) is 14.7 Å². The second-order valence-corrected chi connectivity index (χ2v) is 9.99. The Morgan fingerprint density at radius 1 is 1.17 bits per heavy atom. The molecule has 0 unspecified atom stereocenters. The SMILES string of the molecule is Cc1c(C(=O)Nc2ccc(SCCCN3CCCCC3)c(C#N)c2)cnn1-c1ccc(Cl)cc1.O. The molecule has 4 rings (SSSR count). The fraction of sp³-hybridized carbons (Fsp3) is 0.346. The van der Waals surface area contributed by atoms with Gasteiger partial charge >= 0.3 is 0 Å². The fourth-order valence-corrected chi connectivity index (χ4v) is 5.19. The largest absolute Gasteiger partial charge is 0.412 e. The van der Waals surface area contributed by atoms with Gasteiger partial charge in [-0.2, -0.15) is 10.4 Å². The fourth-order valence-electron chi connectivity index (χ4n) is 4.15. The number of piperidine rings is 1. The Kier molecular flexibility index (Phi) is 9.75. The number of nitrogens with zero attached hydrogens (tertiary/aromatic N) is 4. The van der Waals surface area contributed by atoms with Crippen molar-refractivity contribution >= 4 is 35.0 Å². The number of carbonyl (C=O) groups is 1. The summed E-state index contributed by atoms with van der Waals surface area (Å²) in [6.07, 6.45) is 6.62. The van der Waals surface area contributed by atoms with Gasteiger partial charge in [-0.1, -0.05) is 18.0 Å². The third-order valence-electron chi connectivity index (χ3n) is 6.01. The average Bonchev–Trinajstić information content (AvgIpc) is 3.25. The van der Waals surface area contributed by atoms with Crippen LogP contribution < -0.4 is 5.32 Å². The second kappa shape index (κ2) is 12.8. The molecule has 1 amide bonds. The minimum atomic E-state index is -0.261. The average molecular weight is 512 g/mol. The number of hydrogen-bond acceptors (Lipinski definition) is 5. The minimum absolute atomic E-state index is 0. The van der Waals surface area contributed by atoms with E-state index in [1.54, 1.807) is 40.8 Å². The van der Waals surface area contributed by atoms with Crippen molar-refractivity contribution in [3.63, 3.8) is 0 Å². The maximum absolute atomic E-state index is 12.9. The van der Waals surface area contributed by atoms with E-state index in [4.69, 9.17) is 11.6 Å². The summed E-state index contributed by atoms with van der Waals surface area (Å²) in [7, 11) is 0. The lowest BCUT2D eigenvalue weighted by Crippen LogP contribution is -2.30. The van der Waals surface area contributed by atoms with E-state index in [1.165, 1.54) is 32.4 Å². The molecule has 0 radical (unpaired) electrons. The molecule has 1 fully saturated rings. The molecule has 1 aliphatic rings. The number of thioether (sulfide) groups is 1. The first kappa shape index (κ1) is 26.8. The molecule has 0 spiro atoms. The Balaban J connectivity index is 0.00000342. The molecule has 0 aliphatic carbocycles. The maximum atomic E-state index is 12.9. The van der Waals surface area contributed by atoms with Gasteiger partial charge in [0.2, 0.25) is 0 Å². The van der Waals surface area contributed by atoms with Crippen LogP contribution in [0.15, 0.2) is 53.6 Å². The van der Waals surface area contributed by atoms with Crippen LogP contribution in [0.5, 0.6) is 0 Å². The lowest BCUT2D eigenvalue weighted by molar-refractivity contribution is 0.102. The van der Waals surface area contributed by atoms with E-state index in [0.29, 0.717) is 21.8 Å². The van der Waals surface area contributed by atoms with Crippen molar-refractivity contribution in [3.05, 3.63) is 70.5 Å². The van der Waals surface area contributed by atoms with Gasteiger partial charge in [0.25, 0.3) is 5.91 Å². The molecule has 7 nitrogen and oxygen atoms in total. The van der Waals surface area contributed by atoms with Crippen LogP contribution in [0, 0.1) is 18.3 Å². The zero-order valence-corrected chi connectivity index (χ0v) is 21.3. The standard InChI is InChI=1S/C26H28ClN5OS.H2O/c1-19-24(18-29-32(19)23-9-6-21(27)7-10-23)26(33)30-22-8-11-25(20(16-22)17-28)34-15-5-14-31-12-3-2-4-13-31;/h6-11,16,18H,2-5,12-15H2,1H3,(H,30,33);1H2. The summed E-state index contributed by atoms with van der Waals surface area (Å²) < 4.78 is 1.70. The number of hydrogen-bond donors (Lipinski definition) is 1. The van der Waals surface area contributed by atoms with Gasteiger partial charge in [0.05, 0.1) is 28.7 Å². The number of likely N-dealkylation sites (tertiary alicyclic amines) is 1. The summed E-state index contributed by atoms with van der Waals surface area (Å²) in [6.45, 7) is 5.38. The van der Waals surface area contributed by atoms with Gasteiger partial charge in [0, 0.05) is 15.6 Å². The summed E-state index contributed by atoms with van der Waals surface area (Å²) in [5.74, 6) is 0.712. The molecule has 184 valence electrons. The summed E-state index contributed by atoms with van der Waals surface area (Å²) in [5.41, 5.74) is 3.20. The number of anilines is 1. The van der Waals surface area contributed by atoms with Gasteiger partial charge in [0.15, 0.2) is 0 Å². The Bertz CT molecular complexity index is 1180. The van der Waals surface area contributed by atoms with E-state index in [1.807, 2.05) is 31.2 Å². The van der Waals surface area contributed by atoms with Crippen LogP contribution in [0.3, 0.4) is 0 Å². The van der Waals surface area contributed by atoms with Crippen LogP contribution in [-0.4, -0.2) is 51.5 Å². The van der Waals surface area contributed by atoms with Crippen molar-refractivity contribution in [2.24, 2.45) is 0 Å². The molecule has 1 aliphatic heterocycles. The van der Waals surface area contributed by atoms with Crippen LogP contribution in [0.25, 0.3) is 5.69 Å². The van der Waals surface area contributed by atoms with E-state index < -0.39 is 0 Å². The predicted molar refractivity (Wildman–Crippen MR) is 142 cm³/mol. The molecule has 9 heteroatoms. The highest BCUT2D eigenvalue weighted by Gasteiger charge is 2.16. The van der Waals surface area contributed by atoms with E-state index in [0.717, 1.165) is 35.0 Å². The van der Waals surface area contributed by atoms with Crippen molar-refractivity contribution in [3.8, 4) is 11.8 Å². The summed E-state index contributed by atoms with van der Waals surface area (Å²) in [5, 5.41) is 17.5. The number of carbonyl (C=O) groups excluding carboxylic acids is 1. The van der Waals surface area contributed by atoms with E-state index in [2.05, 4.69) is 21.4 Å². The highest BCUT2D eigenvalue weighted by Crippen LogP contribution is 2.27. The monoisotopic (exact) mass is 511 g/mol. The molecule has 1 saturated heterocycles. The molecule has 3 aromatic rings. The molecule has 3 N–H and O–H groups in total. The zero-order valence-electron chi connectivity index (χ0n) is 19.8. The first-order valence-electron chi connectivity index (χ1n) is 11.6. The summed E-state index contributed by atoms with van der Waals surface area (Å²) in [4.78, 5) is 16.4.